The molecule has 1 aromatic heterocycles. The van der Waals surface area contributed by atoms with Crippen molar-refractivity contribution in [2.75, 3.05) is 13.7 Å². The summed E-state index contributed by atoms with van der Waals surface area (Å²) < 4.78 is 6.85. The second-order valence-corrected chi connectivity index (χ2v) is 4.58. The maximum Gasteiger partial charge on any atom is 0.119 e. The maximum absolute atomic E-state index is 8.83. The zero-order valence-electron chi connectivity index (χ0n) is 11.8. The maximum atomic E-state index is 8.83. The Hall–Kier alpha value is -1.92. The predicted octanol–water partition coefficient (Wildman–Crippen LogP) is 1.13. The van der Waals surface area contributed by atoms with Gasteiger partial charge < -0.3 is 15.2 Å². The van der Waals surface area contributed by atoms with Gasteiger partial charge >= 0.3 is 0 Å². The number of nitrogens with one attached hydrogen (secondary N) is 1. The Labute approximate surface area is 118 Å². The summed E-state index contributed by atoms with van der Waals surface area (Å²) in [4.78, 5) is 0. The van der Waals surface area contributed by atoms with Gasteiger partial charge in [-0.25, -0.2) is 4.68 Å². The molecule has 0 spiro atoms. The lowest BCUT2D eigenvalue weighted by Crippen LogP contribution is -2.18. The summed E-state index contributed by atoms with van der Waals surface area (Å²) in [6.07, 6.45) is 1.83. The first-order valence-electron chi connectivity index (χ1n) is 6.60. The van der Waals surface area contributed by atoms with E-state index >= 15 is 0 Å². The Balaban J connectivity index is 1.91. The van der Waals surface area contributed by atoms with E-state index < -0.39 is 0 Å². The van der Waals surface area contributed by atoms with Gasteiger partial charge in [0.15, 0.2) is 0 Å². The van der Waals surface area contributed by atoms with Crippen molar-refractivity contribution in [3.8, 4) is 5.75 Å². The number of benzene rings is 1. The summed E-state index contributed by atoms with van der Waals surface area (Å²) >= 11 is 0. The lowest BCUT2D eigenvalue weighted by atomic mass is 10.1. The van der Waals surface area contributed by atoms with Crippen LogP contribution in [0.25, 0.3) is 0 Å². The quantitative estimate of drug-likeness (QED) is 0.793. The average Bonchev–Trinajstić information content (AvgIpc) is 2.93. The molecule has 0 bridgehead atoms. The van der Waals surface area contributed by atoms with Crippen LogP contribution in [-0.2, 0) is 13.1 Å². The molecular weight excluding hydrogens is 256 g/mol. The molecule has 1 atom stereocenters. The third-order valence-electron chi connectivity index (χ3n) is 3.10. The molecule has 0 unspecified atom stereocenters. The summed E-state index contributed by atoms with van der Waals surface area (Å²) in [5.74, 6) is 0.852. The molecule has 0 radical (unpaired) electrons. The van der Waals surface area contributed by atoms with Crippen LogP contribution in [0.4, 0.5) is 0 Å². The summed E-state index contributed by atoms with van der Waals surface area (Å²) in [7, 11) is 1.66. The van der Waals surface area contributed by atoms with Gasteiger partial charge in [0.1, 0.15) is 5.75 Å². The number of aliphatic hydroxyl groups is 1. The smallest absolute Gasteiger partial charge is 0.119 e. The highest BCUT2D eigenvalue weighted by molar-refractivity contribution is 5.30. The number of hydrogen-bond donors (Lipinski definition) is 2. The van der Waals surface area contributed by atoms with Crippen molar-refractivity contribution in [2.45, 2.75) is 26.1 Å². The zero-order chi connectivity index (χ0) is 14.4. The minimum Gasteiger partial charge on any atom is -0.497 e. The summed E-state index contributed by atoms with van der Waals surface area (Å²) in [5.41, 5.74) is 2.01. The number of nitrogens with zero attached hydrogens (tertiary/aromatic N) is 3. The van der Waals surface area contributed by atoms with Crippen molar-refractivity contribution in [2.24, 2.45) is 0 Å². The van der Waals surface area contributed by atoms with Crippen LogP contribution in [0.1, 0.15) is 24.2 Å². The molecule has 1 aromatic carbocycles. The molecule has 0 saturated heterocycles. The SMILES string of the molecule is COc1cccc([C@@H](C)NCc2cn(CCO)nn2)c1. The Morgan fingerprint density at radius 3 is 3.05 bits per heavy atom. The zero-order valence-corrected chi connectivity index (χ0v) is 11.8. The van der Waals surface area contributed by atoms with E-state index in [1.54, 1.807) is 11.8 Å². The lowest BCUT2D eigenvalue weighted by Gasteiger charge is -2.14. The lowest BCUT2D eigenvalue weighted by molar-refractivity contribution is 0.268. The van der Waals surface area contributed by atoms with Crippen LogP contribution in [0.2, 0.25) is 0 Å². The van der Waals surface area contributed by atoms with E-state index in [2.05, 4.69) is 28.6 Å². The Morgan fingerprint density at radius 1 is 1.45 bits per heavy atom. The molecule has 2 N–H and O–H groups in total. The molecule has 0 fully saturated rings. The minimum absolute atomic E-state index is 0.0659. The van der Waals surface area contributed by atoms with Crippen molar-refractivity contribution in [3.63, 3.8) is 0 Å². The van der Waals surface area contributed by atoms with Gasteiger partial charge in [-0.2, -0.15) is 0 Å². The van der Waals surface area contributed by atoms with Crippen LogP contribution in [0.3, 0.4) is 0 Å². The summed E-state index contributed by atoms with van der Waals surface area (Å²) in [6.45, 7) is 3.26. The van der Waals surface area contributed by atoms with Gasteiger partial charge in [-0.3, -0.25) is 0 Å². The fourth-order valence-electron chi connectivity index (χ4n) is 1.92. The number of rotatable bonds is 7. The van der Waals surface area contributed by atoms with Crippen LogP contribution in [0, 0.1) is 0 Å². The monoisotopic (exact) mass is 276 g/mol. The third kappa shape index (κ3) is 3.79. The number of aliphatic hydroxyl groups excluding tert-OH is 1. The molecule has 0 aliphatic rings. The van der Waals surface area contributed by atoms with E-state index in [1.165, 1.54) is 0 Å². The fraction of sp³-hybridized carbons (Fsp3) is 0.429. The Kier molecular flexibility index (Phi) is 5.09. The van der Waals surface area contributed by atoms with Crippen molar-refractivity contribution < 1.29 is 9.84 Å². The largest absolute Gasteiger partial charge is 0.497 e. The van der Waals surface area contributed by atoms with E-state index in [4.69, 9.17) is 9.84 Å². The predicted molar refractivity (Wildman–Crippen MR) is 75.4 cm³/mol. The third-order valence-corrected chi connectivity index (χ3v) is 3.10. The Morgan fingerprint density at radius 2 is 2.30 bits per heavy atom. The summed E-state index contributed by atoms with van der Waals surface area (Å²) in [5, 5.41) is 20.2. The molecule has 2 rings (SSSR count). The number of hydrogen-bond acceptors (Lipinski definition) is 5. The highest BCUT2D eigenvalue weighted by Crippen LogP contribution is 2.18. The van der Waals surface area contributed by atoms with E-state index in [1.807, 2.05) is 24.4 Å². The number of ether oxygens (including phenoxy) is 1. The van der Waals surface area contributed by atoms with Gasteiger partial charge in [0.2, 0.25) is 0 Å². The molecule has 0 aliphatic heterocycles. The van der Waals surface area contributed by atoms with Gasteiger partial charge in [-0.15, -0.1) is 5.10 Å². The van der Waals surface area contributed by atoms with E-state index in [9.17, 15) is 0 Å². The first kappa shape index (κ1) is 14.5. The van der Waals surface area contributed by atoms with Crippen LogP contribution in [0.5, 0.6) is 5.75 Å². The minimum atomic E-state index is 0.0659. The molecule has 20 heavy (non-hydrogen) atoms. The highest BCUT2D eigenvalue weighted by atomic mass is 16.5. The van der Waals surface area contributed by atoms with Crippen molar-refractivity contribution in [1.82, 2.24) is 20.3 Å². The normalized spacial score (nSPS) is 12.3. The van der Waals surface area contributed by atoms with Crippen LogP contribution in [-0.4, -0.2) is 33.8 Å². The van der Waals surface area contributed by atoms with Crippen LogP contribution < -0.4 is 10.1 Å². The van der Waals surface area contributed by atoms with Crippen molar-refractivity contribution in [3.05, 3.63) is 41.7 Å². The van der Waals surface area contributed by atoms with Gasteiger partial charge in [0, 0.05) is 18.8 Å². The van der Waals surface area contributed by atoms with Gasteiger partial charge in [0.25, 0.3) is 0 Å². The van der Waals surface area contributed by atoms with E-state index in [-0.39, 0.29) is 12.6 Å². The van der Waals surface area contributed by atoms with E-state index in [0.29, 0.717) is 13.1 Å². The average molecular weight is 276 g/mol. The molecule has 1 heterocycles. The molecule has 6 nitrogen and oxygen atoms in total. The second-order valence-electron chi connectivity index (χ2n) is 4.58. The Bertz CT molecular complexity index is 541. The molecule has 0 aliphatic carbocycles. The van der Waals surface area contributed by atoms with Crippen molar-refractivity contribution >= 4 is 0 Å². The molecule has 0 amide bonds. The first-order chi connectivity index (χ1) is 9.72. The topological polar surface area (TPSA) is 72.2 Å². The van der Waals surface area contributed by atoms with Crippen LogP contribution in [0.15, 0.2) is 30.5 Å². The van der Waals surface area contributed by atoms with E-state index in [0.717, 1.165) is 17.0 Å². The van der Waals surface area contributed by atoms with Crippen molar-refractivity contribution in [1.29, 1.82) is 0 Å². The fourth-order valence-corrected chi connectivity index (χ4v) is 1.92. The number of aromatic nitrogens is 3. The second kappa shape index (κ2) is 7.02. The molecule has 2 aromatic rings. The van der Waals surface area contributed by atoms with Gasteiger partial charge in [-0.05, 0) is 24.6 Å². The number of methoxy groups -OCH3 is 1. The molecule has 0 saturated carbocycles. The molecule has 6 heteroatoms. The highest BCUT2D eigenvalue weighted by Gasteiger charge is 2.07. The summed E-state index contributed by atoms with van der Waals surface area (Å²) in [6, 6.07) is 8.16. The standard InChI is InChI=1S/C14H20N4O2/c1-11(12-4-3-5-14(8-12)20-2)15-9-13-10-18(6-7-19)17-16-13/h3-5,8,10-11,15,19H,6-7,9H2,1-2H3/t11-/m1/s1. The first-order valence-corrected chi connectivity index (χ1v) is 6.60. The molecular formula is C14H20N4O2. The van der Waals surface area contributed by atoms with Gasteiger partial charge in [0.05, 0.1) is 26.0 Å². The molecule has 108 valence electrons. The van der Waals surface area contributed by atoms with Gasteiger partial charge in [-0.1, -0.05) is 17.3 Å². The van der Waals surface area contributed by atoms with Crippen LogP contribution >= 0.6 is 0 Å².